The number of rotatable bonds is 18. The highest BCUT2D eigenvalue weighted by atomic mass is 16.5. The lowest BCUT2D eigenvalue weighted by Crippen LogP contribution is -2.15. The lowest BCUT2D eigenvalue weighted by atomic mass is 10.0. The second-order valence-electron chi connectivity index (χ2n) is 7.05. The summed E-state index contributed by atoms with van der Waals surface area (Å²) in [6.45, 7) is 4.45. The van der Waals surface area contributed by atoms with E-state index in [2.05, 4.69) is 6.92 Å². The fraction of sp³-hybridized carbons (Fsp3) is 0.952. The fourth-order valence-corrected chi connectivity index (χ4v) is 3.09. The van der Waals surface area contributed by atoms with Crippen molar-refractivity contribution in [3.63, 3.8) is 0 Å². The molecule has 24 heavy (non-hydrogen) atoms. The Bertz CT molecular complexity index is 266. The van der Waals surface area contributed by atoms with Crippen LogP contribution in [0.4, 0.5) is 0 Å². The molecule has 0 aromatic rings. The topological polar surface area (TPSA) is 46.5 Å². The highest BCUT2D eigenvalue weighted by molar-refractivity contribution is 5.69. The van der Waals surface area contributed by atoms with E-state index in [-0.39, 0.29) is 12.4 Å². The Labute approximate surface area is 150 Å². The van der Waals surface area contributed by atoms with E-state index in [1.807, 2.05) is 0 Å². The molecule has 0 spiro atoms. The molecule has 0 amide bonds. The summed E-state index contributed by atoms with van der Waals surface area (Å²) in [5.41, 5.74) is 0. The number of aliphatic hydroxyl groups excluding tert-OH is 1. The first-order valence-corrected chi connectivity index (χ1v) is 10.5. The summed E-state index contributed by atoms with van der Waals surface area (Å²) < 4.78 is 4.84. The first-order valence-electron chi connectivity index (χ1n) is 10.5. The summed E-state index contributed by atoms with van der Waals surface area (Å²) in [4.78, 5) is 11.2. The van der Waals surface area contributed by atoms with E-state index in [0.717, 1.165) is 19.3 Å². The highest BCUT2D eigenvalue weighted by Crippen LogP contribution is 2.14. The van der Waals surface area contributed by atoms with Crippen molar-refractivity contribution in [2.45, 2.75) is 123 Å². The standard InChI is InChI=1S/C21H42O3/c1-3-5-6-7-8-9-10-11-12-13-14-15-16-17-18-20(22)19-21(23)24-4-2/h20,22H,3-19H2,1-2H3. The number of carbonyl (C=O) groups is 1. The monoisotopic (exact) mass is 342 g/mol. The lowest BCUT2D eigenvalue weighted by molar-refractivity contribution is -0.145. The second kappa shape index (κ2) is 18.8. The summed E-state index contributed by atoms with van der Waals surface area (Å²) in [7, 11) is 0. The van der Waals surface area contributed by atoms with E-state index < -0.39 is 6.10 Å². The van der Waals surface area contributed by atoms with Gasteiger partial charge in [0.25, 0.3) is 0 Å². The van der Waals surface area contributed by atoms with Crippen molar-refractivity contribution in [1.29, 1.82) is 0 Å². The first-order chi connectivity index (χ1) is 11.7. The van der Waals surface area contributed by atoms with Crippen LogP contribution < -0.4 is 0 Å². The minimum Gasteiger partial charge on any atom is -0.466 e. The quantitative estimate of drug-likeness (QED) is 0.239. The van der Waals surface area contributed by atoms with Gasteiger partial charge in [-0.15, -0.1) is 0 Å². The molecule has 3 nitrogen and oxygen atoms in total. The molecular formula is C21H42O3. The normalized spacial score (nSPS) is 12.3. The van der Waals surface area contributed by atoms with Crippen molar-refractivity contribution in [2.75, 3.05) is 6.61 Å². The van der Waals surface area contributed by atoms with Crippen LogP contribution >= 0.6 is 0 Å². The number of hydrogen-bond acceptors (Lipinski definition) is 3. The van der Waals surface area contributed by atoms with Crippen molar-refractivity contribution in [3.05, 3.63) is 0 Å². The molecule has 0 fully saturated rings. The van der Waals surface area contributed by atoms with Crippen LogP contribution in [-0.4, -0.2) is 23.8 Å². The molecule has 0 aromatic heterocycles. The summed E-state index contributed by atoms with van der Waals surface area (Å²) in [6.07, 6.45) is 19.0. The van der Waals surface area contributed by atoms with Gasteiger partial charge in [0.1, 0.15) is 0 Å². The van der Waals surface area contributed by atoms with Crippen LogP contribution in [0.1, 0.15) is 117 Å². The zero-order chi connectivity index (χ0) is 17.9. The molecule has 1 unspecified atom stereocenters. The van der Waals surface area contributed by atoms with E-state index in [1.165, 1.54) is 77.0 Å². The Hall–Kier alpha value is -0.570. The maximum absolute atomic E-state index is 11.2. The minimum atomic E-state index is -0.527. The van der Waals surface area contributed by atoms with Gasteiger partial charge >= 0.3 is 5.97 Å². The van der Waals surface area contributed by atoms with E-state index in [0.29, 0.717) is 6.61 Å². The van der Waals surface area contributed by atoms with E-state index >= 15 is 0 Å². The number of aliphatic hydroxyl groups is 1. The van der Waals surface area contributed by atoms with Crippen LogP contribution in [0, 0.1) is 0 Å². The molecule has 3 heteroatoms. The molecule has 1 N–H and O–H groups in total. The van der Waals surface area contributed by atoms with Crippen LogP contribution in [-0.2, 0) is 9.53 Å². The molecule has 0 aliphatic carbocycles. The third kappa shape index (κ3) is 17.8. The van der Waals surface area contributed by atoms with Crippen molar-refractivity contribution in [2.24, 2.45) is 0 Å². The van der Waals surface area contributed by atoms with Crippen LogP contribution in [0.5, 0.6) is 0 Å². The number of hydrogen-bond donors (Lipinski definition) is 1. The molecule has 0 radical (unpaired) electrons. The Kier molecular flexibility index (Phi) is 18.3. The average Bonchev–Trinajstić information content (AvgIpc) is 2.55. The van der Waals surface area contributed by atoms with Crippen LogP contribution in [0.3, 0.4) is 0 Å². The summed E-state index contributed by atoms with van der Waals surface area (Å²) in [5.74, 6) is -0.282. The zero-order valence-electron chi connectivity index (χ0n) is 16.4. The van der Waals surface area contributed by atoms with Crippen molar-refractivity contribution >= 4 is 5.97 Å². The average molecular weight is 343 g/mol. The molecule has 0 rings (SSSR count). The summed E-state index contributed by atoms with van der Waals surface area (Å²) in [6, 6.07) is 0. The third-order valence-electron chi connectivity index (χ3n) is 4.60. The number of esters is 1. The van der Waals surface area contributed by atoms with Gasteiger partial charge in [-0.25, -0.2) is 0 Å². The van der Waals surface area contributed by atoms with Crippen molar-refractivity contribution < 1.29 is 14.6 Å². The number of unbranched alkanes of at least 4 members (excludes halogenated alkanes) is 13. The van der Waals surface area contributed by atoms with Crippen molar-refractivity contribution in [1.82, 2.24) is 0 Å². The van der Waals surface area contributed by atoms with Gasteiger partial charge in [-0.3, -0.25) is 4.79 Å². The van der Waals surface area contributed by atoms with Gasteiger partial charge in [-0.2, -0.15) is 0 Å². The fourth-order valence-electron chi connectivity index (χ4n) is 3.09. The summed E-state index contributed by atoms with van der Waals surface area (Å²) in [5, 5.41) is 9.74. The van der Waals surface area contributed by atoms with Crippen LogP contribution in [0.2, 0.25) is 0 Å². The molecule has 0 aliphatic rings. The van der Waals surface area contributed by atoms with E-state index in [4.69, 9.17) is 4.74 Å². The third-order valence-corrected chi connectivity index (χ3v) is 4.60. The van der Waals surface area contributed by atoms with Gasteiger partial charge in [0.2, 0.25) is 0 Å². The molecular weight excluding hydrogens is 300 g/mol. The second-order valence-corrected chi connectivity index (χ2v) is 7.05. The molecule has 0 aliphatic heterocycles. The Morgan fingerprint density at radius 3 is 1.58 bits per heavy atom. The van der Waals surface area contributed by atoms with Crippen LogP contribution in [0.25, 0.3) is 0 Å². The van der Waals surface area contributed by atoms with Gasteiger partial charge in [0, 0.05) is 0 Å². The molecule has 0 saturated heterocycles. The number of carbonyl (C=O) groups excluding carboxylic acids is 1. The molecule has 144 valence electrons. The van der Waals surface area contributed by atoms with Crippen molar-refractivity contribution in [3.8, 4) is 0 Å². The summed E-state index contributed by atoms with van der Waals surface area (Å²) >= 11 is 0. The minimum absolute atomic E-state index is 0.145. The maximum atomic E-state index is 11.2. The maximum Gasteiger partial charge on any atom is 0.308 e. The Balaban J connectivity index is 3.16. The predicted octanol–water partition coefficient (Wildman–Crippen LogP) is 6.17. The van der Waals surface area contributed by atoms with Gasteiger partial charge in [-0.05, 0) is 13.3 Å². The van der Waals surface area contributed by atoms with Gasteiger partial charge < -0.3 is 9.84 Å². The van der Waals surface area contributed by atoms with E-state index in [1.54, 1.807) is 6.92 Å². The molecule has 1 atom stereocenters. The number of ether oxygens (including phenoxy) is 1. The largest absolute Gasteiger partial charge is 0.466 e. The predicted molar refractivity (Wildman–Crippen MR) is 102 cm³/mol. The molecule has 0 heterocycles. The van der Waals surface area contributed by atoms with Crippen LogP contribution in [0.15, 0.2) is 0 Å². The van der Waals surface area contributed by atoms with Gasteiger partial charge in [0.15, 0.2) is 0 Å². The lowest BCUT2D eigenvalue weighted by Gasteiger charge is -2.09. The molecule has 0 bridgehead atoms. The van der Waals surface area contributed by atoms with E-state index in [9.17, 15) is 9.90 Å². The zero-order valence-corrected chi connectivity index (χ0v) is 16.4. The molecule has 0 saturated carbocycles. The SMILES string of the molecule is CCCCCCCCCCCCCCCCC(O)CC(=O)OCC. The Morgan fingerprint density at radius 1 is 0.750 bits per heavy atom. The van der Waals surface area contributed by atoms with Gasteiger partial charge in [-0.1, -0.05) is 96.8 Å². The smallest absolute Gasteiger partial charge is 0.308 e. The molecule has 0 aromatic carbocycles. The Morgan fingerprint density at radius 2 is 1.17 bits per heavy atom. The first kappa shape index (κ1) is 23.4. The highest BCUT2D eigenvalue weighted by Gasteiger charge is 2.10. The van der Waals surface area contributed by atoms with Gasteiger partial charge in [0.05, 0.1) is 19.1 Å².